The number of carboxylic acids is 1. The van der Waals surface area contributed by atoms with Gasteiger partial charge in [-0.25, -0.2) is 9.78 Å². The van der Waals surface area contributed by atoms with Crippen molar-refractivity contribution < 1.29 is 9.90 Å². The molecule has 4 nitrogen and oxygen atoms in total. The summed E-state index contributed by atoms with van der Waals surface area (Å²) >= 11 is 0. The van der Waals surface area contributed by atoms with Gasteiger partial charge in [0.25, 0.3) is 0 Å². The van der Waals surface area contributed by atoms with Crippen molar-refractivity contribution in [3.8, 4) is 0 Å². The van der Waals surface area contributed by atoms with Crippen molar-refractivity contribution >= 4 is 11.8 Å². The van der Waals surface area contributed by atoms with Crippen molar-refractivity contribution in [3.05, 3.63) is 23.9 Å². The van der Waals surface area contributed by atoms with Gasteiger partial charge in [0.15, 0.2) is 5.69 Å². The minimum atomic E-state index is -0.983. The molecule has 1 heterocycles. The lowest BCUT2D eigenvalue weighted by atomic mass is 10.1. The van der Waals surface area contributed by atoms with Crippen LogP contribution >= 0.6 is 0 Å². The highest BCUT2D eigenvalue weighted by molar-refractivity contribution is 5.85. The summed E-state index contributed by atoms with van der Waals surface area (Å²) in [6, 6.07) is 5.03. The summed E-state index contributed by atoms with van der Waals surface area (Å²) in [5, 5.41) is 12.1. The van der Waals surface area contributed by atoms with Crippen LogP contribution in [-0.2, 0) is 0 Å². The van der Waals surface area contributed by atoms with Crippen LogP contribution in [0, 0.1) is 11.8 Å². The third-order valence-corrected chi connectivity index (χ3v) is 3.34. The Morgan fingerprint density at radius 1 is 1.53 bits per heavy atom. The standard InChI is InChI=1S/C13H18N2O2/c1-9-5-6-10(7-9)8-14-12-4-2-3-11(15-12)13(16)17/h2-4,9-10H,5-8H2,1H3,(H,14,15)(H,16,17). The van der Waals surface area contributed by atoms with Gasteiger partial charge in [-0.15, -0.1) is 0 Å². The van der Waals surface area contributed by atoms with E-state index in [1.807, 2.05) is 6.07 Å². The molecule has 4 heteroatoms. The molecule has 1 saturated carbocycles. The lowest BCUT2D eigenvalue weighted by molar-refractivity contribution is 0.0690. The van der Waals surface area contributed by atoms with E-state index in [0.717, 1.165) is 12.5 Å². The molecule has 0 radical (unpaired) electrons. The Morgan fingerprint density at radius 2 is 2.35 bits per heavy atom. The molecule has 1 fully saturated rings. The molecule has 0 aliphatic heterocycles. The molecule has 92 valence electrons. The summed E-state index contributed by atoms with van der Waals surface area (Å²) in [7, 11) is 0. The van der Waals surface area contributed by atoms with Gasteiger partial charge in [-0.3, -0.25) is 0 Å². The first kappa shape index (κ1) is 11.9. The SMILES string of the molecule is CC1CCC(CNc2cccc(C(=O)O)n2)C1. The maximum Gasteiger partial charge on any atom is 0.354 e. The Labute approximate surface area is 101 Å². The van der Waals surface area contributed by atoms with E-state index >= 15 is 0 Å². The molecule has 2 unspecified atom stereocenters. The van der Waals surface area contributed by atoms with Crippen LogP contribution in [0.3, 0.4) is 0 Å². The summed E-state index contributed by atoms with van der Waals surface area (Å²) < 4.78 is 0. The summed E-state index contributed by atoms with van der Waals surface area (Å²) in [5.41, 5.74) is 0.0924. The Kier molecular flexibility index (Phi) is 3.61. The van der Waals surface area contributed by atoms with E-state index in [9.17, 15) is 4.79 Å². The second kappa shape index (κ2) is 5.17. The average molecular weight is 234 g/mol. The van der Waals surface area contributed by atoms with Gasteiger partial charge < -0.3 is 10.4 Å². The second-order valence-electron chi connectivity index (χ2n) is 4.88. The minimum absolute atomic E-state index is 0.0924. The molecule has 0 amide bonds. The number of rotatable bonds is 4. The maximum atomic E-state index is 10.8. The Morgan fingerprint density at radius 3 is 3.00 bits per heavy atom. The number of carboxylic acid groups (broad SMARTS) is 1. The largest absolute Gasteiger partial charge is 0.477 e. The first-order valence-corrected chi connectivity index (χ1v) is 6.09. The van der Waals surface area contributed by atoms with Gasteiger partial charge in [-0.05, 0) is 36.8 Å². The molecule has 17 heavy (non-hydrogen) atoms. The topological polar surface area (TPSA) is 62.2 Å². The van der Waals surface area contributed by atoms with Crippen molar-refractivity contribution in [2.75, 3.05) is 11.9 Å². The number of carbonyl (C=O) groups is 1. The van der Waals surface area contributed by atoms with Crippen molar-refractivity contribution in [3.63, 3.8) is 0 Å². The monoisotopic (exact) mass is 234 g/mol. The number of hydrogen-bond donors (Lipinski definition) is 2. The quantitative estimate of drug-likeness (QED) is 0.840. The van der Waals surface area contributed by atoms with Crippen LogP contribution in [-0.4, -0.2) is 22.6 Å². The van der Waals surface area contributed by atoms with E-state index in [0.29, 0.717) is 11.7 Å². The van der Waals surface area contributed by atoms with Crippen LogP contribution in [0.25, 0.3) is 0 Å². The normalized spacial score (nSPS) is 23.6. The molecule has 1 aliphatic rings. The van der Waals surface area contributed by atoms with Gasteiger partial charge in [-0.1, -0.05) is 19.4 Å². The van der Waals surface area contributed by atoms with Gasteiger partial charge in [0.1, 0.15) is 5.82 Å². The average Bonchev–Trinajstić information content (AvgIpc) is 2.73. The lowest BCUT2D eigenvalue weighted by Gasteiger charge is -2.11. The predicted octanol–water partition coefficient (Wildman–Crippen LogP) is 2.63. The molecule has 0 spiro atoms. The van der Waals surface area contributed by atoms with Crippen molar-refractivity contribution in [1.82, 2.24) is 4.98 Å². The molecule has 1 aromatic heterocycles. The van der Waals surface area contributed by atoms with E-state index in [-0.39, 0.29) is 5.69 Å². The molecule has 1 aliphatic carbocycles. The van der Waals surface area contributed by atoms with Gasteiger partial charge in [0.2, 0.25) is 0 Å². The van der Waals surface area contributed by atoms with Crippen molar-refractivity contribution in [1.29, 1.82) is 0 Å². The maximum absolute atomic E-state index is 10.8. The third-order valence-electron chi connectivity index (χ3n) is 3.34. The molecule has 1 aromatic rings. The number of aromatic carboxylic acids is 1. The highest BCUT2D eigenvalue weighted by Gasteiger charge is 2.20. The van der Waals surface area contributed by atoms with E-state index < -0.39 is 5.97 Å². The Hall–Kier alpha value is -1.58. The summed E-state index contributed by atoms with van der Waals surface area (Å²) in [6.45, 7) is 3.17. The van der Waals surface area contributed by atoms with Crippen LogP contribution in [0.15, 0.2) is 18.2 Å². The highest BCUT2D eigenvalue weighted by atomic mass is 16.4. The van der Waals surface area contributed by atoms with Crippen LogP contribution < -0.4 is 5.32 Å². The van der Waals surface area contributed by atoms with Gasteiger partial charge in [0, 0.05) is 6.54 Å². The molecule has 0 aromatic carbocycles. The number of aromatic nitrogens is 1. The van der Waals surface area contributed by atoms with Gasteiger partial charge >= 0.3 is 5.97 Å². The zero-order chi connectivity index (χ0) is 12.3. The van der Waals surface area contributed by atoms with Crippen LogP contribution in [0.2, 0.25) is 0 Å². The molecule has 0 saturated heterocycles. The fourth-order valence-corrected chi connectivity index (χ4v) is 2.41. The van der Waals surface area contributed by atoms with Crippen LogP contribution in [0.5, 0.6) is 0 Å². The third kappa shape index (κ3) is 3.19. The number of pyridine rings is 1. The molecule has 0 bridgehead atoms. The molecular formula is C13H18N2O2. The van der Waals surface area contributed by atoms with E-state index in [2.05, 4.69) is 17.2 Å². The first-order valence-electron chi connectivity index (χ1n) is 6.09. The van der Waals surface area contributed by atoms with Crippen molar-refractivity contribution in [2.45, 2.75) is 26.2 Å². The first-order chi connectivity index (χ1) is 8.15. The van der Waals surface area contributed by atoms with Gasteiger partial charge in [0.05, 0.1) is 0 Å². The second-order valence-corrected chi connectivity index (χ2v) is 4.88. The summed E-state index contributed by atoms with van der Waals surface area (Å²) in [5.74, 6) is 1.19. The number of anilines is 1. The van der Waals surface area contributed by atoms with Crippen LogP contribution in [0.4, 0.5) is 5.82 Å². The van der Waals surface area contributed by atoms with Crippen molar-refractivity contribution in [2.24, 2.45) is 11.8 Å². The zero-order valence-corrected chi connectivity index (χ0v) is 10.0. The molecule has 2 N–H and O–H groups in total. The molecular weight excluding hydrogens is 216 g/mol. The van der Waals surface area contributed by atoms with Crippen LogP contribution in [0.1, 0.15) is 36.7 Å². The minimum Gasteiger partial charge on any atom is -0.477 e. The zero-order valence-electron chi connectivity index (χ0n) is 10.0. The fourth-order valence-electron chi connectivity index (χ4n) is 2.41. The summed E-state index contributed by atoms with van der Waals surface area (Å²) in [4.78, 5) is 14.8. The summed E-state index contributed by atoms with van der Waals surface area (Å²) in [6.07, 6.45) is 3.81. The number of nitrogens with zero attached hydrogens (tertiary/aromatic N) is 1. The Bertz CT molecular complexity index is 406. The number of nitrogens with one attached hydrogen (secondary N) is 1. The molecule has 2 rings (SSSR count). The van der Waals surface area contributed by atoms with E-state index in [4.69, 9.17) is 5.11 Å². The smallest absolute Gasteiger partial charge is 0.354 e. The lowest BCUT2D eigenvalue weighted by Crippen LogP contribution is -2.13. The highest BCUT2D eigenvalue weighted by Crippen LogP contribution is 2.30. The fraction of sp³-hybridized carbons (Fsp3) is 0.538. The van der Waals surface area contributed by atoms with E-state index in [1.54, 1.807) is 6.07 Å². The molecule has 2 atom stereocenters. The van der Waals surface area contributed by atoms with E-state index in [1.165, 1.54) is 25.3 Å². The van der Waals surface area contributed by atoms with Gasteiger partial charge in [-0.2, -0.15) is 0 Å². The Balaban J connectivity index is 1.90. The number of hydrogen-bond acceptors (Lipinski definition) is 3. The predicted molar refractivity (Wildman–Crippen MR) is 66.2 cm³/mol.